The summed E-state index contributed by atoms with van der Waals surface area (Å²) in [5, 5.41) is 5.82. The number of hydrogen-bond donors (Lipinski definition) is 2. The molecule has 4 rings (SSSR count). The van der Waals surface area contributed by atoms with Gasteiger partial charge in [0.15, 0.2) is 11.5 Å². The summed E-state index contributed by atoms with van der Waals surface area (Å²) in [6.45, 7) is 3.71. The van der Waals surface area contributed by atoms with Gasteiger partial charge in [-0.1, -0.05) is 19.1 Å². The summed E-state index contributed by atoms with van der Waals surface area (Å²) in [6.07, 6.45) is 2.26. The van der Waals surface area contributed by atoms with Crippen molar-refractivity contribution in [2.75, 3.05) is 14.2 Å². The van der Waals surface area contributed by atoms with E-state index in [4.69, 9.17) is 13.9 Å². The van der Waals surface area contributed by atoms with Crippen molar-refractivity contribution in [2.24, 2.45) is 0 Å². The smallest absolute Gasteiger partial charge is 0.332 e. The van der Waals surface area contributed by atoms with Crippen molar-refractivity contribution < 1.29 is 23.5 Å². The van der Waals surface area contributed by atoms with E-state index in [1.165, 1.54) is 37.2 Å². The first-order valence-corrected chi connectivity index (χ1v) is 12.8. The minimum atomic E-state index is -0.649. The molecule has 40 heavy (non-hydrogen) atoms. The molecule has 1 atom stereocenters. The van der Waals surface area contributed by atoms with Crippen LogP contribution < -0.4 is 31.4 Å². The first kappa shape index (κ1) is 28.2. The van der Waals surface area contributed by atoms with Gasteiger partial charge in [0.05, 0.1) is 44.5 Å². The summed E-state index contributed by atoms with van der Waals surface area (Å²) < 4.78 is 18.3. The summed E-state index contributed by atoms with van der Waals surface area (Å²) in [6, 6.07) is 13.0. The van der Waals surface area contributed by atoms with E-state index in [-0.39, 0.29) is 48.4 Å². The average Bonchev–Trinajstić information content (AvgIpc) is 3.49. The van der Waals surface area contributed by atoms with Crippen LogP contribution in [0.5, 0.6) is 11.5 Å². The second-order valence-electron chi connectivity index (χ2n) is 9.32. The zero-order chi connectivity index (χ0) is 28.8. The summed E-state index contributed by atoms with van der Waals surface area (Å²) in [7, 11) is 2.90. The Kier molecular flexibility index (Phi) is 8.73. The van der Waals surface area contributed by atoms with Crippen LogP contribution >= 0.6 is 0 Å². The molecule has 2 aromatic heterocycles. The molecule has 0 spiro atoms. The molecule has 0 radical (unpaired) electrons. The highest BCUT2D eigenvalue weighted by Gasteiger charge is 2.19. The fourth-order valence-corrected chi connectivity index (χ4v) is 4.23. The van der Waals surface area contributed by atoms with Crippen molar-refractivity contribution in [3.05, 3.63) is 92.5 Å². The molecule has 1 unspecified atom stereocenters. The van der Waals surface area contributed by atoms with Crippen LogP contribution in [0.1, 0.15) is 41.9 Å². The number of carbonyl (C=O) groups is 2. The van der Waals surface area contributed by atoms with E-state index in [1.54, 1.807) is 36.4 Å². The van der Waals surface area contributed by atoms with Crippen LogP contribution in [0.4, 0.5) is 0 Å². The highest BCUT2D eigenvalue weighted by molar-refractivity contribution is 5.94. The molecule has 0 bridgehead atoms. The predicted octanol–water partition coefficient (Wildman–Crippen LogP) is 2.67. The zero-order valence-corrected chi connectivity index (χ0v) is 22.9. The number of aromatic nitrogens is 2. The minimum absolute atomic E-state index is 0.0662. The summed E-state index contributed by atoms with van der Waals surface area (Å²) in [5.41, 5.74) is 0.102. The number of ether oxygens (including phenoxy) is 2. The van der Waals surface area contributed by atoms with E-state index in [2.05, 4.69) is 10.6 Å². The van der Waals surface area contributed by atoms with Gasteiger partial charge in [-0.15, -0.1) is 0 Å². The molecular weight excluding hydrogens is 516 g/mol. The highest BCUT2D eigenvalue weighted by atomic mass is 16.5. The lowest BCUT2D eigenvalue weighted by Crippen LogP contribution is -2.44. The summed E-state index contributed by atoms with van der Waals surface area (Å²) >= 11 is 0. The number of fused-ring (bicyclic) bond motifs is 1. The molecule has 2 aromatic carbocycles. The number of carbonyl (C=O) groups excluding carboxylic acids is 2. The Bertz CT molecular complexity index is 1620. The number of furan rings is 1. The Morgan fingerprint density at radius 1 is 1.00 bits per heavy atom. The monoisotopic (exact) mass is 548 g/mol. The third-order valence-corrected chi connectivity index (χ3v) is 6.61. The van der Waals surface area contributed by atoms with Gasteiger partial charge < -0.3 is 24.5 Å². The Labute approximate surface area is 230 Å². The van der Waals surface area contributed by atoms with Crippen molar-refractivity contribution >= 4 is 22.7 Å². The molecule has 11 nitrogen and oxygen atoms in total. The maximum atomic E-state index is 13.6. The number of hydrogen-bond acceptors (Lipinski definition) is 7. The van der Waals surface area contributed by atoms with Crippen LogP contribution in [0.25, 0.3) is 10.9 Å². The average molecular weight is 549 g/mol. The number of amides is 2. The van der Waals surface area contributed by atoms with E-state index >= 15 is 0 Å². The molecule has 0 saturated carbocycles. The maximum Gasteiger partial charge on any atom is 0.332 e. The number of methoxy groups -OCH3 is 2. The van der Waals surface area contributed by atoms with E-state index in [0.29, 0.717) is 28.4 Å². The van der Waals surface area contributed by atoms with Gasteiger partial charge in [-0.25, -0.2) is 4.79 Å². The quantitative estimate of drug-likeness (QED) is 0.294. The van der Waals surface area contributed by atoms with Crippen molar-refractivity contribution in [2.45, 2.75) is 45.9 Å². The summed E-state index contributed by atoms with van der Waals surface area (Å²) in [5.74, 6) is 0.620. The van der Waals surface area contributed by atoms with Gasteiger partial charge in [-0.05, 0) is 49.2 Å². The van der Waals surface area contributed by atoms with Gasteiger partial charge in [0.2, 0.25) is 5.91 Å². The second kappa shape index (κ2) is 12.4. The zero-order valence-electron chi connectivity index (χ0n) is 22.9. The predicted molar refractivity (Wildman–Crippen MR) is 149 cm³/mol. The Morgan fingerprint density at radius 2 is 1.70 bits per heavy atom. The molecule has 0 aliphatic rings. The van der Waals surface area contributed by atoms with Gasteiger partial charge >= 0.3 is 5.69 Å². The Hall–Kier alpha value is -4.80. The lowest BCUT2D eigenvalue weighted by atomic mass is 10.1. The normalized spacial score (nSPS) is 11.7. The number of rotatable bonds is 11. The third-order valence-electron chi connectivity index (χ3n) is 6.61. The van der Waals surface area contributed by atoms with Gasteiger partial charge in [-0.3, -0.25) is 23.5 Å². The number of nitrogens with one attached hydrogen (secondary N) is 2. The molecule has 4 aromatic rings. The first-order chi connectivity index (χ1) is 19.2. The van der Waals surface area contributed by atoms with Gasteiger partial charge in [0, 0.05) is 17.7 Å². The van der Waals surface area contributed by atoms with Crippen molar-refractivity contribution in [3.63, 3.8) is 0 Å². The van der Waals surface area contributed by atoms with E-state index in [0.717, 1.165) is 11.0 Å². The van der Waals surface area contributed by atoms with Gasteiger partial charge in [-0.2, -0.15) is 0 Å². The second-order valence-corrected chi connectivity index (χ2v) is 9.32. The minimum Gasteiger partial charge on any atom is -0.493 e. The molecule has 11 heteroatoms. The number of benzene rings is 2. The summed E-state index contributed by atoms with van der Waals surface area (Å²) in [4.78, 5) is 52.4. The molecule has 210 valence electrons. The Morgan fingerprint density at radius 3 is 2.33 bits per heavy atom. The lowest BCUT2D eigenvalue weighted by Gasteiger charge is -2.17. The van der Waals surface area contributed by atoms with E-state index in [9.17, 15) is 19.2 Å². The Balaban J connectivity index is 1.69. The lowest BCUT2D eigenvalue weighted by molar-refractivity contribution is -0.122. The molecule has 2 amide bonds. The largest absolute Gasteiger partial charge is 0.493 e. The van der Waals surface area contributed by atoms with Crippen molar-refractivity contribution in [1.82, 2.24) is 19.8 Å². The van der Waals surface area contributed by atoms with Crippen LogP contribution in [0, 0.1) is 0 Å². The van der Waals surface area contributed by atoms with Crippen molar-refractivity contribution in [1.29, 1.82) is 0 Å². The molecule has 0 aliphatic carbocycles. The van der Waals surface area contributed by atoms with Crippen LogP contribution in [-0.4, -0.2) is 41.2 Å². The number of nitrogens with zero attached hydrogens (tertiary/aromatic N) is 2. The standard InChI is InChI=1S/C29H32N4O7/c1-5-18(2)31-26(34)17-32-23-14-25(39-4)24(38-3)13-22(23)28(36)33(29(32)37)16-19-8-10-20(11-9-19)27(35)30-15-21-7-6-12-40-21/h6-14,18H,5,15-17H2,1-4H3,(H,30,35)(H,31,34). The van der Waals surface area contributed by atoms with Crippen LogP contribution in [0.3, 0.4) is 0 Å². The fourth-order valence-electron chi connectivity index (χ4n) is 4.23. The topological polar surface area (TPSA) is 134 Å². The third kappa shape index (κ3) is 6.09. The van der Waals surface area contributed by atoms with Gasteiger partial charge in [0.25, 0.3) is 11.5 Å². The molecule has 2 N–H and O–H groups in total. The van der Waals surface area contributed by atoms with E-state index in [1.807, 2.05) is 13.8 Å². The molecule has 0 saturated heterocycles. The van der Waals surface area contributed by atoms with Crippen LogP contribution in [-0.2, 0) is 24.4 Å². The highest BCUT2D eigenvalue weighted by Crippen LogP contribution is 2.30. The van der Waals surface area contributed by atoms with E-state index < -0.39 is 11.2 Å². The SMILES string of the molecule is CCC(C)NC(=O)Cn1c(=O)n(Cc2ccc(C(=O)NCc3ccco3)cc2)c(=O)c2cc(OC)c(OC)cc21. The fraction of sp³-hybridized carbons (Fsp3) is 0.310. The van der Waals surface area contributed by atoms with Gasteiger partial charge in [0.1, 0.15) is 12.3 Å². The van der Waals surface area contributed by atoms with Crippen molar-refractivity contribution in [3.8, 4) is 11.5 Å². The molecule has 2 heterocycles. The molecular formula is C29H32N4O7. The molecule has 0 fully saturated rings. The first-order valence-electron chi connectivity index (χ1n) is 12.8. The maximum absolute atomic E-state index is 13.6. The molecule has 0 aliphatic heterocycles. The van der Waals surface area contributed by atoms with Crippen LogP contribution in [0.2, 0.25) is 0 Å². The van der Waals surface area contributed by atoms with Crippen LogP contribution in [0.15, 0.2) is 68.8 Å².